The largest absolute Gasteiger partial charge is 0.351 e. The summed E-state index contributed by atoms with van der Waals surface area (Å²) >= 11 is 0. The van der Waals surface area contributed by atoms with E-state index >= 15 is 0 Å². The van der Waals surface area contributed by atoms with Crippen LogP contribution in [0, 0.1) is 0 Å². The number of hydrogen-bond donors (Lipinski definition) is 2. The van der Waals surface area contributed by atoms with Crippen LogP contribution in [0.25, 0.3) is 5.69 Å². The average molecular weight is 281 g/mol. The van der Waals surface area contributed by atoms with Gasteiger partial charge in [-0.05, 0) is 12.1 Å². The predicted molar refractivity (Wildman–Crippen MR) is 78.2 cm³/mol. The van der Waals surface area contributed by atoms with Gasteiger partial charge in [-0.15, -0.1) is 0 Å². The molecule has 0 fully saturated rings. The molecule has 2 N–H and O–H groups in total. The zero-order valence-electron chi connectivity index (χ0n) is 11.4. The van der Waals surface area contributed by atoms with E-state index in [1.807, 2.05) is 30.3 Å². The van der Waals surface area contributed by atoms with Crippen LogP contribution in [-0.4, -0.2) is 32.2 Å². The number of imidazole rings is 1. The Kier molecular flexibility index (Phi) is 3.77. The van der Waals surface area contributed by atoms with Crippen molar-refractivity contribution in [2.75, 3.05) is 6.54 Å². The summed E-state index contributed by atoms with van der Waals surface area (Å²) < 4.78 is 1.68. The van der Waals surface area contributed by atoms with E-state index in [4.69, 9.17) is 0 Å². The minimum Gasteiger partial charge on any atom is -0.351 e. The van der Waals surface area contributed by atoms with Crippen LogP contribution in [0.4, 0.5) is 0 Å². The number of hydrogen-bond acceptors (Lipinski definition) is 3. The summed E-state index contributed by atoms with van der Waals surface area (Å²) in [5, 5.41) is 7.05. The van der Waals surface area contributed by atoms with Crippen LogP contribution in [0.3, 0.4) is 0 Å². The van der Waals surface area contributed by atoms with Crippen molar-refractivity contribution in [3.8, 4) is 5.69 Å². The van der Waals surface area contributed by atoms with Crippen molar-refractivity contribution in [3.05, 3.63) is 66.5 Å². The number of amides is 1. The van der Waals surface area contributed by atoms with Gasteiger partial charge in [-0.2, -0.15) is 5.10 Å². The second kappa shape index (κ2) is 6.04. The molecule has 0 saturated heterocycles. The zero-order valence-corrected chi connectivity index (χ0v) is 11.4. The van der Waals surface area contributed by atoms with Gasteiger partial charge in [0, 0.05) is 31.6 Å². The third-order valence-corrected chi connectivity index (χ3v) is 3.07. The van der Waals surface area contributed by atoms with E-state index in [9.17, 15) is 4.79 Å². The Balaban J connectivity index is 1.59. The Bertz CT molecular complexity index is 703. The molecule has 0 aliphatic heterocycles. The van der Waals surface area contributed by atoms with Gasteiger partial charge in [-0.25, -0.2) is 9.67 Å². The minimum atomic E-state index is -0.135. The van der Waals surface area contributed by atoms with Crippen LogP contribution in [0.2, 0.25) is 0 Å². The number of carbonyl (C=O) groups excluding carboxylic acids is 1. The first-order chi connectivity index (χ1) is 10.3. The molecule has 6 heteroatoms. The third-order valence-electron chi connectivity index (χ3n) is 3.07. The van der Waals surface area contributed by atoms with Crippen molar-refractivity contribution >= 4 is 5.91 Å². The monoisotopic (exact) mass is 281 g/mol. The molecule has 1 aromatic carbocycles. The van der Waals surface area contributed by atoms with Crippen LogP contribution in [-0.2, 0) is 6.42 Å². The highest BCUT2D eigenvalue weighted by atomic mass is 16.1. The minimum absolute atomic E-state index is 0.135. The summed E-state index contributed by atoms with van der Waals surface area (Å²) in [5.41, 5.74) is 1.46. The molecule has 0 radical (unpaired) electrons. The molecule has 2 heterocycles. The summed E-state index contributed by atoms with van der Waals surface area (Å²) in [7, 11) is 0. The van der Waals surface area contributed by atoms with Gasteiger partial charge in [0.15, 0.2) is 0 Å². The number of nitrogens with one attached hydrogen (secondary N) is 2. The quantitative estimate of drug-likeness (QED) is 0.745. The number of aromatic nitrogens is 4. The van der Waals surface area contributed by atoms with Crippen molar-refractivity contribution in [3.63, 3.8) is 0 Å². The first-order valence-electron chi connectivity index (χ1n) is 6.69. The molecular formula is C15H15N5O. The second-order valence-corrected chi connectivity index (χ2v) is 4.55. The zero-order chi connectivity index (χ0) is 14.5. The van der Waals surface area contributed by atoms with Crippen LogP contribution >= 0.6 is 0 Å². The molecule has 0 aliphatic carbocycles. The number of rotatable bonds is 5. The lowest BCUT2D eigenvalue weighted by molar-refractivity contribution is 0.0954. The Morgan fingerprint density at radius 1 is 1.29 bits per heavy atom. The van der Waals surface area contributed by atoms with Gasteiger partial charge in [0.1, 0.15) is 5.82 Å². The van der Waals surface area contributed by atoms with E-state index in [-0.39, 0.29) is 5.91 Å². The highest BCUT2D eigenvalue weighted by Crippen LogP contribution is 2.07. The van der Waals surface area contributed by atoms with Gasteiger partial charge in [0.2, 0.25) is 0 Å². The Morgan fingerprint density at radius 2 is 2.14 bits per heavy atom. The number of para-hydroxylation sites is 1. The molecule has 106 valence electrons. The van der Waals surface area contributed by atoms with Crippen molar-refractivity contribution < 1.29 is 4.79 Å². The van der Waals surface area contributed by atoms with Gasteiger partial charge >= 0.3 is 0 Å². The topological polar surface area (TPSA) is 75.6 Å². The van der Waals surface area contributed by atoms with Crippen molar-refractivity contribution in [2.24, 2.45) is 0 Å². The second-order valence-electron chi connectivity index (χ2n) is 4.55. The summed E-state index contributed by atoms with van der Waals surface area (Å²) in [4.78, 5) is 19.1. The molecule has 6 nitrogen and oxygen atoms in total. The van der Waals surface area contributed by atoms with Crippen LogP contribution in [0.1, 0.15) is 16.2 Å². The van der Waals surface area contributed by atoms with Crippen molar-refractivity contribution in [2.45, 2.75) is 6.42 Å². The summed E-state index contributed by atoms with van der Waals surface area (Å²) in [6.07, 6.45) is 7.42. The number of carbonyl (C=O) groups is 1. The summed E-state index contributed by atoms with van der Waals surface area (Å²) in [5.74, 6) is 0.721. The highest BCUT2D eigenvalue weighted by Gasteiger charge is 2.09. The Labute approximate surface area is 121 Å². The maximum Gasteiger partial charge on any atom is 0.254 e. The van der Waals surface area contributed by atoms with Gasteiger partial charge < -0.3 is 10.3 Å². The van der Waals surface area contributed by atoms with E-state index in [2.05, 4.69) is 20.4 Å². The summed E-state index contributed by atoms with van der Waals surface area (Å²) in [6, 6.07) is 9.67. The average Bonchev–Trinajstić information content (AvgIpc) is 3.20. The van der Waals surface area contributed by atoms with Crippen LogP contribution < -0.4 is 5.32 Å². The van der Waals surface area contributed by atoms with E-state index in [1.54, 1.807) is 29.5 Å². The van der Waals surface area contributed by atoms with E-state index in [0.29, 0.717) is 18.5 Å². The lowest BCUT2D eigenvalue weighted by atomic mass is 10.3. The van der Waals surface area contributed by atoms with Crippen LogP contribution in [0.5, 0.6) is 0 Å². The Hall–Kier alpha value is -2.89. The lowest BCUT2D eigenvalue weighted by Crippen LogP contribution is -2.25. The predicted octanol–water partition coefficient (Wildman–Crippen LogP) is 1.57. The summed E-state index contributed by atoms with van der Waals surface area (Å²) in [6.45, 7) is 0.531. The number of H-pyrrole nitrogens is 1. The van der Waals surface area contributed by atoms with Gasteiger partial charge in [-0.1, -0.05) is 18.2 Å². The normalized spacial score (nSPS) is 10.5. The van der Waals surface area contributed by atoms with Crippen LogP contribution in [0.15, 0.2) is 55.1 Å². The maximum atomic E-state index is 12.0. The molecule has 0 saturated carbocycles. The molecule has 3 aromatic rings. The molecule has 0 bridgehead atoms. The molecule has 0 atom stereocenters. The van der Waals surface area contributed by atoms with Crippen molar-refractivity contribution in [1.82, 2.24) is 25.1 Å². The maximum absolute atomic E-state index is 12.0. The fourth-order valence-corrected chi connectivity index (χ4v) is 1.99. The molecular weight excluding hydrogens is 266 g/mol. The molecule has 0 aliphatic rings. The standard InChI is InChI=1S/C15H15N5O/c21-15(18-7-6-14-16-8-9-17-14)12-10-19-20(11-12)13-4-2-1-3-5-13/h1-5,8-11H,6-7H2,(H,16,17)(H,18,21). The first-order valence-corrected chi connectivity index (χ1v) is 6.69. The van der Waals surface area contributed by atoms with Gasteiger partial charge in [0.25, 0.3) is 5.91 Å². The molecule has 21 heavy (non-hydrogen) atoms. The molecule has 2 aromatic heterocycles. The third kappa shape index (κ3) is 3.17. The number of nitrogens with zero attached hydrogens (tertiary/aromatic N) is 3. The fourth-order valence-electron chi connectivity index (χ4n) is 1.99. The van der Waals surface area contributed by atoms with Crippen molar-refractivity contribution in [1.29, 1.82) is 0 Å². The number of benzene rings is 1. The van der Waals surface area contributed by atoms with E-state index in [1.165, 1.54) is 0 Å². The molecule has 3 rings (SSSR count). The first kappa shape index (κ1) is 13.1. The fraction of sp³-hybridized carbons (Fsp3) is 0.133. The van der Waals surface area contributed by atoms with E-state index in [0.717, 1.165) is 11.5 Å². The van der Waals surface area contributed by atoms with Gasteiger partial charge in [-0.3, -0.25) is 4.79 Å². The lowest BCUT2D eigenvalue weighted by Gasteiger charge is -2.02. The molecule has 1 amide bonds. The molecule has 0 spiro atoms. The smallest absolute Gasteiger partial charge is 0.254 e. The molecule has 0 unspecified atom stereocenters. The van der Waals surface area contributed by atoms with Gasteiger partial charge in [0.05, 0.1) is 17.4 Å². The highest BCUT2D eigenvalue weighted by molar-refractivity contribution is 5.93. The number of aromatic amines is 1. The SMILES string of the molecule is O=C(NCCc1ncc[nH]1)c1cnn(-c2ccccc2)c1. The Morgan fingerprint density at radius 3 is 2.90 bits per heavy atom. The van der Waals surface area contributed by atoms with E-state index < -0.39 is 0 Å².